The summed E-state index contributed by atoms with van der Waals surface area (Å²) in [6, 6.07) is 10.1. The molecule has 0 fully saturated rings. The molecule has 0 atom stereocenters. The number of hydrogen-bond donors (Lipinski definition) is 1. The fraction of sp³-hybridized carbons (Fsp3) is 0. The first kappa shape index (κ1) is 16.9. The lowest BCUT2D eigenvalue weighted by atomic mass is 9.98. The topological polar surface area (TPSA) is 80.9 Å². The van der Waals surface area contributed by atoms with E-state index in [0.29, 0.717) is 22.5 Å². The number of fused-ring (bicyclic) bond motifs is 2. The number of halogens is 2. The van der Waals surface area contributed by atoms with Crippen molar-refractivity contribution in [2.45, 2.75) is 0 Å². The third-order valence-corrected chi connectivity index (χ3v) is 4.90. The zero-order chi connectivity index (χ0) is 19.1. The predicted octanol–water partition coefficient (Wildman–Crippen LogP) is 4.30. The van der Waals surface area contributed by atoms with Gasteiger partial charge in [0.1, 0.15) is 23.2 Å². The summed E-state index contributed by atoms with van der Waals surface area (Å²) in [5.74, 6) is 0.288. The van der Waals surface area contributed by atoms with Crippen LogP contribution in [-0.4, -0.2) is 29.5 Å². The molecule has 5 aromatic rings. The second-order valence-electron chi connectivity index (χ2n) is 6.02. The highest BCUT2D eigenvalue weighted by Gasteiger charge is 2.19. The number of benzene rings is 1. The second-order valence-corrected chi connectivity index (χ2v) is 6.56. The molecule has 0 saturated carbocycles. The van der Waals surface area contributed by atoms with Gasteiger partial charge in [0.15, 0.2) is 11.5 Å². The fourth-order valence-corrected chi connectivity index (χ4v) is 3.52. The van der Waals surface area contributed by atoms with E-state index in [4.69, 9.17) is 4.98 Å². The van der Waals surface area contributed by atoms with Gasteiger partial charge in [-0.1, -0.05) is 0 Å². The maximum absolute atomic E-state index is 13.5. The Hall–Kier alpha value is -3.21. The Morgan fingerprint density at radius 1 is 0.893 bits per heavy atom. The lowest BCUT2D eigenvalue weighted by Crippen LogP contribution is -2.00. The number of anilines is 1. The number of hydrogen-bond acceptors (Lipinski definition) is 6. The van der Waals surface area contributed by atoms with Gasteiger partial charge in [-0.25, -0.2) is 23.9 Å². The van der Waals surface area contributed by atoms with E-state index >= 15 is 0 Å². The molecule has 0 saturated heterocycles. The van der Waals surface area contributed by atoms with Crippen LogP contribution in [0.15, 0.2) is 61.3 Å². The van der Waals surface area contributed by atoms with Crippen molar-refractivity contribution in [1.29, 1.82) is 0 Å². The van der Waals surface area contributed by atoms with Gasteiger partial charge in [0.25, 0.3) is 0 Å². The van der Waals surface area contributed by atoms with E-state index in [0.717, 1.165) is 22.3 Å². The van der Waals surface area contributed by atoms with E-state index in [1.54, 1.807) is 29.0 Å². The van der Waals surface area contributed by atoms with Gasteiger partial charge in [-0.2, -0.15) is 5.10 Å². The Morgan fingerprint density at radius 3 is 2.43 bits per heavy atom. The first-order valence-electron chi connectivity index (χ1n) is 8.31. The maximum atomic E-state index is 13.5. The molecule has 0 radical (unpaired) electrons. The standard InChI is InChI=1S/C19H11FIN7/c20-13-4-1-11(2-5-13)16-15(12-3-6-14-24-10-25-28(14)9-12)17-18(19(26-16)27-21)23-8-7-22-17/h1-10H,(H,26,27). The Balaban J connectivity index is 1.89. The van der Waals surface area contributed by atoms with Crippen molar-refractivity contribution in [2.75, 3.05) is 3.53 Å². The summed E-state index contributed by atoms with van der Waals surface area (Å²) in [5.41, 5.74) is 5.17. The first-order chi connectivity index (χ1) is 13.7. The molecular formula is C19H11FIN7. The smallest absolute Gasteiger partial charge is 0.163 e. The van der Waals surface area contributed by atoms with Crippen molar-refractivity contribution in [1.82, 2.24) is 29.5 Å². The highest BCUT2D eigenvalue weighted by molar-refractivity contribution is 14.1. The second kappa shape index (κ2) is 6.75. The van der Waals surface area contributed by atoms with Crippen LogP contribution in [0.5, 0.6) is 0 Å². The number of aromatic nitrogens is 6. The summed E-state index contributed by atoms with van der Waals surface area (Å²) in [6.07, 6.45) is 6.64. The molecule has 9 heteroatoms. The molecule has 4 aromatic heterocycles. The number of nitrogens with zero attached hydrogens (tertiary/aromatic N) is 6. The summed E-state index contributed by atoms with van der Waals surface area (Å²) in [6.45, 7) is 0. The van der Waals surface area contributed by atoms with E-state index in [-0.39, 0.29) is 5.82 Å². The third kappa shape index (κ3) is 2.74. The van der Waals surface area contributed by atoms with Gasteiger partial charge in [0.05, 0.1) is 28.6 Å². The van der Waals surface area contributed by atoms with E-state index < -0.39 is 0 Å². The van der Waals surface area contributed by atoms with Crippen LogP contribution >= 0.6 is 22.9 Å². The van der Waals surface area contributed by atoms with E-state index in [1.807, 2.05) is 41.2 Å². The summed E-state index contributed by atoms with van der Waals surface area (Å²) in [5, 5.41) is 4.22. The molecule has 0 bridgehead atoms. The van der Waals surface area contributed by atoms with Crippen molar-refractivity contribution in [3.8, 4) is 22.4 Å². The molecule has 136 valence electrons. The molecule has 7 nitrogen and oxygen atoms in total. The van der Waals surface area contributed by atoms with Crippen molar-refractivity contribution in [2.24, 2.45) is 0 Å². The average molecular weight is 483 g/mol. The quantitative estimate of drug-likeness (QED) is 0.305. The third-order valence-electron chi connectivity index (χ3n) is 4.39. The summed E-state index contributed by atoms with van der Waals surface area (Å²) >= 11 is 2.02. The predicted molar refractivity (Wildman–Crippen MR) is 112 cm³/mol. The molecule has 0 aliphatic carbocycles. The molecule has 5 rings (SSSR count). The summed E-state index contributed by atoms with van der Waals surface area (Å²) in [4.78, 5) is 18.0. The lowest BCUT2D eigenvalue weighted by molar-refractivity contribution is 0.628. The monoisotopic (exact) mass is 483 g/mol. The largest absolute Gasteiger partial charge is 0.311 e. The average Bonchev–Trinajstić information content (AvgIpc) is 3.21. The molecule has 0 spiro atoms. The SMILES string of the molecule is Fc1ccc(-c2nc(NI)c3nccnc3c2-c2ccc3ncnn3c2)cc1. The lowest BCUT2D eigenvalue weighted by Gasteiger charge is -2.14. The van der Waals surface area contributed by atoms with Crippen molar-refractivity contribution in [3.63, 3.8) is 0 Å². The van der Waals surface area contributed by atoms with Crippen molar-refractivity contribution >= 4 is 45.4 Å². The Morgan fingerprint density at radius 2 is 1.64 bits per heavy atom. The molecule has 1 aromatic carbocycles. The van der Waals surface area contributed by atoms with E-state index in [1.165, 1.54) is 18.5 Å². The highest BCUT2D eigenvalue weighted by Crippen LogP contribution is 2.38. The highest BCUT2D eigenvalue weighted by atomic mass is 127. The first-order valence-corrected chi connectivity index (χ1v) is 9.39. The van der Waals surface area contributed by atoms with E-state index in [9.17, 15) is 4.39 Å². The molecule has 0 aliphatic rings. The Kier molecular flexibility index (Phi) is 4.08. The minimum atomic E-state index is -0.304. The number of nitrogens with one attached hydrogen (secondary N) is 1. The van der Waals surface area contributed by atoms with Crippen LogP contribution < -0.4 is 3.53 Å². The van der Waals surface area contributed by atoms with Gasteiger partial charge in [-0.15, -0.1) is 0 Å². The number of pyridine rings is 2. The van der Waals surface area contributed by atoms with Crippen LogP contribution in [0.1, 0.15) is 0 Å². The zero-order valence-electron chi connectivity index (χ0n) is 14.2. The van der Waals surface area contributed by atoms with Crippen LogP contribution in [0.3, 0.4) is 0 Å². The van der Waals surface area contributed by atoms with Crippen LogP contribution in [0.4, 0.5) is 10.2 Å². The number of rotatable bonds is 3. The fourth-order valence-electron chi connectivity index (χ4n) is 3.15. The molecule has 1 N–H and O–H groups in total. The minimum absolute atomic E-state index is 0.304. The Bertz CT molecular complexity index is 1320. The van der Waals surface area contributed by atoms with Crippen LogP contribution in [0.25, 0.3) is 39.1 Å². The van der Waals surface area contributed by atoms with Crippen LogP contribution in [0, 0.1) is 5.82 Å². The molecule has 0 unspecified atom stereocenters. The Labute approximate surface area is 172 Å². The normalized spacial score (nSPS) is 11.2. The maximum Gasteiger partial charge on any atom is 0.163 e. The molecule has 0 aliphatic heterocycles. The molecule has 0 amide bonds. The summed E-state index contributed by atoms with van der Waals surface area (Å²) < 4.78 is 18.2. The van der Waals surface area contributed by atoms with Gasteiger partial charge in [0, 0.05) is 35.3 Å². The van der Waals surface area contributed by atoms with Crippen LogP contribution in [0.2, 0.25) is 0 Å². The van der Waals surface area contributed by atoms with Crippen molar-refractivity contribution < 1.29 is 4.39 Å². The van der Waals surface area contributed by atoms with Gasteiger partial charge in [-0.05, 0) is 36.4 Å². The van der Waals surface area contributed by atoms with Crippen LogP contribution in [-0.2, 0) is 0 Å². The molecule has 28 heavy (non-hydrogen) atoms. The van der Waals surface area contributed by atoms with Gasteiger partial charge in [0.2, 0.25) is 0 Å². The zero-order valence-corrected chi connectivity index (χ0v) is 16.4. The van der Waals surface area contributed by atoms with E-state index in [2.05, 4.69) is 23.6 Å². The van der Waals surface area contributed by atoms with Gasteiger partial charge in [-0.3, -0.25) is 4.98 Å². The van der Waals surface area contributed by atoms with Gasteiger partial charge >= 0.3 is 0 Å². The summed E-state index contributed by atoms with van der Waals surface area (Å²) in [7, 11) is 0. The molecule has 4 heterocycles. The van der Waals surface area contributed by atoms with Gasteiger partial charge < -0.3 is 3.53 Å². The minimum Gasteiger partial charge on any atom is -0.311 e. The molecular weight excluding hydrogens is 472 g/mol. The van der Waals surface area contributed by atoms with Crippen molar-refractivity contribution in [3.05, 3.63) is 67.1 Å².